The van der Waals surface area contributed by atoms with Crippen molar-refractivity contribution < 1.29 is 18.6 Å². The third-order valence-corrected chi connectivity index (χ3v) is 3.08. The molecule has 112 valence electrons. The monoisotopic (exact) mass is 293 g/mol. The summed E-state index contributed by atoms with van der Waals surface area (Å²) in [6.45, 7) is 0.226. The molecule has 1 unspecified atom stereocenters. The van der Waals surface area contributed by atoms with Crippen molar-refractivity contribution in [2.45, 2.75) is 12.5 Å². The summed E-state index contributed by atoms with van der Waals surface area (Å²) in [6.07, 6.45) is -3.24. The van der Waals surface area contributed by atoms with Gasteiger partial charge in [0.15, 0.2) is 0 Å². The van der Waals surface area contributed by atoms with Gasteiger partial charge in [-0.15, -0.1) is 0 Å². The first-order valence-electron chi connectivity index (χ1n) is 6.60. The summed E-state index contributed by atoms with van der Waals surface area (Å²) in [7, 11) is 0. The Bertz CT molecular complexity index is 573. The molecule has 1 atom stereocenters. The molecule has 0 saturated carbocycles. The molecule has 0 aliphatic rings. The summed E-state index contributed by atoms with van der Waals surface area (Å²) in [5.41, 5.74) is 6.48. The quantitative estimate of drug-likeness (QED) is 0.861. The third-order valence-electron chi connectivity index (χ3n) is 3.08. The zero-order valence-electron chi connectivity index (χ0n) is 11.4. The van der Waals surface area contributed by atoms with E-state index < -0.39 is 12.5 Å². The van der Waals surface area contributed by atoms with Crippen LogP contribution in [0.4, 0.5) is 8.78 Å². The number of benzene rings is 2. The Kier molecular flexibility index (Phi) is 5.25. The van der Waals surface area contributed by atoms with E-state index in [9.17, 15) is 13.9 Å². The molecule has 0 bridgehead atoms. The molecular formula is C16H17F2NO2. The average Bonchev–Trinajstić information content (AvgIpc) is 2.53. The van der Waals surface area contributed by atoms with Gasteiger partial charge in [-0.1, -0.05) is 36.4 Å². The number of hydrogen-bond donors (Lipinski definition) is 2. The van der Waals surface area contributed by atoms with Crippen molar-refractivity contribution in [2.24, 2.45) is 5.73 Å². The maximum atomic E-state index is 13.0. The second kappa shape index (κ2) is 7.15. The van der Waals surface area contributed by atoms with Crippen molar-refractivity contribution in [2.75, 3.05) is 13.2 Å². The topological polar surface area (TPSA) is 55.5 Å². The number of ether oxygens (including phenoxy) is 1. The molecule has 0 aliphatic carbocycles. The smallest absolute Gasteiger partial charge is 0.264 e. The second-order valence-corrected chi connectivity index (χ2v) is 4.61. The maximum Gasteiger partial charge on any atom is 0.264 e. The van der Waals surface area contributed by atoms with Crippen LogP contribution >= 0.6 is 0 Å². The van der Waals surface area contributed by atoms with E-state index in [1.807, 2.05) is 0 Å². The summed E-state index contributed by atoms with van der Waals surface area (Å²) in [6, 6.07) is 13.2. The Hall–Kier alpha value is -1.98. The zero-order valence-corrected chi connectivity index (χ0v) is 11.4. The highest BCUT2D eigenvalue weighted by Crippen LogP contribution is 2.31. The molecule has 2 rings (SSSR count). The lowest BCUT2D eigenvalue weighted by molar-refractivity contribution is 0.114. The van der Waals surface area contributed by atoms with Gasteiger partial charge in [-0.3, -0.25) is 0 Å². The molecule has 0 spiro atoms. The number of aliphatic hydroxyl groups excluding tert-OH is 1. The average molecular weight is 293 g/mol. The van der Waals surface area contributed by atoms with E-state index in [2.05, 4.69) is 0 Å². The molecule has 0 aromatic heterocycles. The molecular weight excluding hydrogens is 276 g/mol. The Morgan fingerprint density at radius 2 is 1.71 bits per heavy atom. The lowest BCUT2D eigenvalue weighted by Crippen LogP contribution is -2.26. The van der Waals surface area contributed by atoms with Crippen molar-refractivity contribution in [3.8, 4) is 16.9 Å². The van der Waals surface area contributed by atoms with Crippen LogP contribution in [0.2, 0.25) is 0 Å². The van der Waals surface area contributed by atoms with Crippen LogP contribution in [0.15, 0.2) is 48.5 Å². The number of halogens is 2. The van der Waals surface area contributed by atoms with E-state index in [1.54, 1.807) is 42.5 Å². The Morgan fingerprint density at radius 1 is 1.05 bits per heavy atom. The van der Waals surface area contributed by atoms with Gasteiger partial charge in [-0.05, 0) is 23.3 Å². The van der Waals surface area contributed by atoms with Gasteiger partial charge in [0.25, 0.3) is 6.43 Å². The molecule has 0 heterocycles. The molecule has 0 radical (unpaired) electrons. The van der Waals surface area contributed by atoms with Crippen LogP contribution in [0.3, 0.4) is 0 Å². The van der Waals surface area contributed by atoms with Crippen molar-refractivity contribution in [3.05, 3.63) is 54.1 Å². The highest BCUT2D eigenvalue weighted by Gasteiger charge is 2.13. The Labute approximate surface area is 122 Å². The number of rotatable bonds is 6. The van der Waals surface area contributed by atoms with E-state index in [4.69, 9.17) is 10.5 Å². The standard InChI is InChI=1S/C16H17F2NO2/c17-16(18)15-4-2-1-3-14(15)11-5-7-13(8-6-11)21-10-12(20)9-19/h1-8,12,16,20H,9-10,19H2. The summed E-state index contributed by atoms with van der Waals surface area (Å²) >= 11 is 0. The molecule has 21 heavy (non-hydrogen) atoms. The first-order chi connectivity index (χ1) is 10.1. The fourth-order valence-corrected chi connectivity index (χ4v) is 1.94. The van der Waals surface area contributed by atoms with Gasteiger partial charge >= 0.3 is 0 Å². The van der Waals surface area contributed by atoms with E-state index >= 15 is 0 Å². The molecule has 0 fully saturated rings. The number of nitrogens with two attached hydrogens (primary N) is 1. The largest absolute Gasteiger partial charge is 0.491 e. The van der Waals surface area contributed by atoms with Crippen LogP contribution in [-0.2, 0) is 0 Å². The summed E-state index contributed by atoms with van der Waals surface area (Å²) in [4.78, 5) is 0. The van der Waals surface area contributed by atoms with Crippen LogP contribution in [0.25, 0.3) is 11.1 Å². The zero-order chi connectivity index (χ0) is 15.2. The predicted octanol–water partition coefficient (Wildman–Crippen LogP) is 2.99. The Morgan fingerprint density at radius 3 is 2.33 bits per heavy atom. The van der Waals surface area contributed by atoms with Crippen LogP contribution in [0.1, 0.15) is 12.0 Å². The van der Waals surface area contributed by atoms with E-state index in [1.165, 1.54) is 6.07 Å². The molecule has 2 aromatic rings. The minimum absolute atomic E-state index is 0.00437. The summed E-state index contributed by atoms with van der Waals surface area (Å²) in [5.74, 6) is 0.556. The second-order valence-electron chi connectivity index (χ2n) is 4.61. The van der Waals surface area contributed by atoms with Crippen LogP contribution < -0.4 is 10.5 Å². The van der Waals surface area contributed by atoms with E-state index in [0.717, 1.165) is 0 Å². The van der Waals surface area contributed by atoms with Gasteiger partial charge in [0.05, 0.1) is 0 Å². The first-order valence-corrected chi connectivity index (χ1v) is 6.60. The van der Waals surface area contributed by atoms with E-state index in [0.29, 0.717) is 16.9 Å². The van der Waals surface area contributed by atoms with Gasteiger partial charge in [0.2, 0.25) is 0 Å². The summed E-state index contributed by atoms with van der Waals surface area (Å²) in [5, 5.41) is 9.32. The molecule has 5 heteroatoms. The fourth-order valence-electron chi connectivity index (χ4n) is 1.94. The van der Waals surface area contributed by atoms with E-state index in [-0.39, 0.29) is 18.7 Å². The molecule has 0 aliphatic heterocycles. The first kappa shape index (κ1) is 15.4. The minimum atomic E-state index is -2.52. The van der Waals surface area contributed by atoms with Crippen molar-refractivity contribution in [1.29, 1.82) is 0 Å². The summed E-state index contributed by atoms with van der Waals surface area (Å²) < 4.78 is 31.3. The highest BCUT2D eigenvalue weighted by atomic mass is 19.3. The van der Waals surface area contributed by atoms with Gasteiger partial charge in [0.1, 0.15) is 18.5 Å². The lowest BCUT2D eigenvalue weighted by Gasteiger charge is -2.12. The predicted molar refractivity (Wildman–Crippen MR) is 77.4 cm³/mol. The van der Waals surface area contributed by atoms with Crippen molar-refractivity contribution >= 4 is 0 Å². The highest BCUT2D eigenvalue weighted by molar-refractivity contribution is 5.68. The molecule has 3 N–H and O–H groups in total. The lowest BCUT2D eigenvalue weighted by atomic mass is 10.00. The minimum Gasteiger partial charge on any atom is -0.491 e. The molecule has 0 saturated heterocycles. The van der Waals surface area contributed by atoms with Crippen molar-refractivity contribution in [3.63, 3.8) is 0 Å². The SMILES string of the molecule is NCC(O)COc1ccc(-c2ccccc2C(F)F)cc1. The Balaban J connectivity index is 2.16. The van der Waals surface area contributed by atoms with Gasteiger partial charge < -0.3 is 15.6 Å². The van der Waals surface area contributed by atoms with Crippen LogP contribution in [0.5, 0.6) is 5.75 Å². The molecule has 2 aromatic carbocycles. The number of hydrogen-bond acceptors (Lipinski definition) is 3. The fraction of sp³-hybridized carbons (Fsp3) is 0.250. The molecule has 0 amide bonds. The maximum absolute atomic E-state index is 13.0. The normalized spacial score (nSPS) is 12.4. The van der Waals surface area contributed by atoms with Gasteiger partial charge in [0, 0.05) is 12.1 Å². The number of alkyl halides is 2. The van der Waals surface area contributed by atoms with Crippen LogP contribution in [-0.4, -0.2) is 24.4 Å². The van der Waals surface area contributed by atoms with Crippen molar-refractivity contribution in [1.82, 2.24) is 0 Å². The third kappa shape index (κ3) is 4.00. The van der Waals surface area contributed by atoms with Gasteiger partial charge in [-0.2, -0.15) is 0 Å². The van der Waals surface area contributed by atoms with Gasteiger partial charge in [-0.25, -0.2) is 8.78 Å². The number of aliphatic hydroxyl groups is 1. The molecule has 3 nitrogen and oxygen atoms in total. The van der Waals surface area contributed by atoms with Crippen LogP contribution in [0, 0.1) is 0 Å².